The van der Waals surface area contributed by atoms with E-state index in [1.54, 1.807) is 0 Å². The molecule has 1 aromatic heterocycles. The molecular weight excluding hydrogens is 413 g/mol. The first-order valence-corrected chi connectivity index (χ1v) is 9.57. The van der Waals surface area contributed by atoms with Crippen LogP contribution in [0.15, 0.2) is 22.5 Å². The summed E-state index contributed by atoms with van der Waals surface area (Å²) in [5, 5.41) is 8.85. The number of guanidine groups is 1. The van der Waals surface area contributed by atoms with Gasteiger partial charge >= 0.3 is 0 Å². The van der Waals surface area contributed by atoms with Crippen LogP contribution in [0.25, 0.3) is 0 Å². The summed E-state index contributed by atoms with van der Waals surface area (Å²) in [7, 11) is 0. The van der Waals surface area contributed by atoms with Crippen LogP contribution in [0.4, 0.5) is 0 Å². The Morgan fingerprint density at radius 1 is 1.43 bits per heavy atom. The monoisotopic (exact) mass is 441 g/mol. The van der Waals surface area contributed by atoms with E-state index in [-0.39, 0.29) is 24.0 Å². The van der Waals surface area contributed by atoms with Gasteiger partial charge in [-0.25, -0.2) is 0 Å². The number of rotatable bonds is 9. The quantitative estimate of drug-likeness (QED) is 0.265. The van der Waals surface area contributed by atoms with Gasteiger partial charge < -0.3 is 10.6 Å². The topological polar surface area (TPSA) is 36.4 Å². The standard InChI is InChI=1S/C15H27N3S2.HI/c1-4-16-15(17-8-6-9-19-3)18-12-13(2)11-14-7-5-10-20-14;/h5,7,10,13H,4,6,8-9,11-12H2,1-3H3,(H2,16,17,18);1H. The summed E-state index contributed by atoms with van der Waals surface area (Å²) in [6.07, 6.45) is 4.44. The molecule has 3 nitrogen and oxygen atoms in total. The molecule has 0 bridgehead atoms. The van der Waals surface area contributed by atoms with Crippen molar-refractivity contribution in [2.75, 3.05) is 31.6 Å². The number of thiophene rings is 1. The van der Waals surface area contributed by atoms with E-state index in [9.17, 15) is 0 Å². The Morgan fingerprint density at radius 3 is 2.86 bits per heavy atom. The van der Waals surface area contributed by atoms with Gasteiger partial charge in [0, 0.05) is 24.5 Å². The Labute approximate surface area is 154 Å². The summed E-state index contributed by atoms with van der Waals surface area (Å²) < 4.78 is 0. The van der Waals surface area contributed by atoms with Crippen molar-refractivity contribution >= 4 is 53.0 Å². The van der Waals surface area contributed by atoms with E-state index in [1.165, 1.54) is 17.1 Å². The zero-order valence-electron chi connectivity index (χ0n) is 13.2. The highest BCUT2D eigenvalue weighted by molar-refractivity contribution is 14.0. The molecule has 122 valence electrons. The van der Waals surface area contributed by atoms with Gasteiger partial charge in [0.2, 0.25) is 0 Å². The molecule has 0 radical (unpaired) electrons. The third kappa shape index (κ3) is 10.4. The number of hydrogen-bond donors (Lipinski definition) is 2. The zero-order valence-corrected chi connectivity index (χ0v) is 17.2. The van der Waals surface area contributed by atoms with Crippen molar-refractivity contribution in [2.45, 2.75) is 26.7 Å². The summed E-state index contributed by atoms with van der Waals surface area (Å²) in [4.78, 5) is 6.13. The van der Waals surface area contributed by atoms with E-state index < -0.39 is 0 Å². The maximum absolute atomic E-state index is 4.68. The second-order valence-electron chi connectivity index (χ2n) is 4.88. The number of hydrogen-bond acceptors (Lipinski definition) is 3. The zero-order chi connectivity index (χ0) is 14.6. The first-order valence-electron chi connectivity index (χ1n) is 7.29. The minimum absolute atomic E-state index is 0. The number of halogens is 1. The molecule has 0 aliphatic rings. The van der Waals surface area contributed by atoms with Crippen molar-refractivity contribution in [3.05, 3.63) is 22.4 Å². The van der Waals surface area contributed by atoms with Gasteiger partial charge in [0.05, 0.1) is 0 Å². The van der Waals surface area contributed by atoms with Gasteiger partial charge in [0.1, 0.15) is 0 Å². The molecule has 0 fully saturated rings. The van der Waals surface area contributed by atoms with Crippen LogP contribution < -0.4 is 10.6 Å². The number of thioether (sulfide) groups is 1. The second kappa shape index (κ2) is 13.7. The molecule has 0 amide bonds. The molecule has 0 spiro atoms. The highest BCUT2D eigenvalue weighted by Gasteiger charge is 2.05. The molecule has 0 aromatic carbocycles. The summed E-state index contributed by atoms with van der Waals surface area (Å²) in [6.45, 7) is 7.14. The Bertz CT molecular complexity index is 369. The third-order valence-corrected chi connectivity index (χ3v) is 4.45. The van der Waals surface area contributed by atoms with Crippen molar-refractivity contribution in [1.82, 2.24) is 10.6 Å². The van der Waals surface area contributed by atoms with Crippen LogP contribution in [-0.2, 0) is 6.42 Å². The average molecular weight is 441 g/mol. The Hall–Kier alpha value is 0.0500. The molecule has 0 saturated carbocycles. The maximum atomic E-state index is 4.68. The van der Waals surface area contributed by atoms with Gasteiger partial charge in [-0.1, -0.05) is 13.0 Å². The van der Waals surface area contributed by atoms with Crippen molar-refractivity contribution < 1.29 is 0 Å². The fourth-order valence-corrected chi connectivity index (χ4v) is 3.15. The van der Waals surface area contributed by atoms with Crippen LogP contribution in [-0.4, -0.2) is 37.6 Å². The van der Waals surface area contributed by atoms with Gasteiger partial charge in [-0.2, -0.15) is 11.8 Å². The number of aliphatic imine (C=N–C) groups is 1. The van der Waals surface area contributed by atoms with Crippen molar-refractivity contribution in [2.24, 2.45) is 10.9 Å². The molecule has 1 heterocycles. The molecular formula is C15H28IN3S2. The average Bonchev–Trinajstić information content (AvgIpc) is 2.93. The number of nitrogens with zero attached hydrogens (tertiary/aromatic N) is 1. The summed E-state index contributed by atoms with van der Waals surface area (Å²) in [6, 6.07) is 4.32. The van der Waals surface area contributed by atoms with Crippen molar-refractivity contribution in [1.29, 1.82) is 0 Å². The lowest BCUT2D eigenvalue weighted by Gasteiger charge is -2.13. The maximum Gasteiger partial charge on any atom is 0.191 e. The lowest BCUT2D eigenvalue weighted by Crippen LogP contribution is -2.38. The van der Waals surface area contributed by atoms with E-state index >= 15 is 0 Å². The van der Waals surface area contributed by atoms with Crippen molar-refractivity contribution in [3.8, 4) is 0 Å². The van der Waals surface area contributed by atoms with Crippen LogP contribution >= 0.6 is 47.1 Å². The van der Waals surface area contributed by atoms with Gasteiger partial charge in [-0.3, -0.25) is 4.99 Å². The summed E-state index contributed by atoms with van der Waals surface area (Å²) in [5.74, 6) is 2.73. The van der Waals surface area contributed by atoms with Gasteiger partial charge in [-0.05, 0) is 49.1 Å². The fraction of sp³-hybridized carbons (Fsp3) is 0.667. The van der Waals surface area contributed by atoms with Crippen LogP contribution in [0.3, 0.4) is 0 Å². The molecule has 1 rings (SSSR count). The molecule has 1 atom stereocenters. The minimum Gasteiger partial charge on any atom is -0.357 e. The van der Waals surface area contributed by atoms with Crippen LogP contribution in [0.5, 0.6) is 0 Å². The van der Waals surface area contributed by atoms with Gasteiger partial charge in [0.25, 0.3) is 0 Å². The van der Waals surface area contributed by atoms with Crippen LogP contribution in [0, 0.1) is 5.92 Å². The number of nitrogens with one attached hydrogen (secondary N) is 2. The largest absolute Gasteiger partial charge is 0.357 e. The van der Waals surface area contributed by atoms with E-state index in [1.807, 2.05) is 23.1 Å². The molecule has 2 N–H and O–H groups in total. The molecule has 1 unspecified atom stereocenters. The molecule has 0 aliphatic carbocycles. The molecule has 21 heavy (non-hydrogen) atoms. The van der Waals surface area contributed by atoms with Crippen molar-refractivity contribution in [3.63, 3.8) is 0 Å². The lowest BCUT2D eigenvalue weighted by molar-refractivity contribution is 0.594. The van der Waals surface area contributed by atoms with E-state index in [4.69, 9.17) is 0 Å². The Kier molecular flexibility index (Phi) is 13.7. The van der Waals surface area contributed by atoms with Gasteiger partial charge in [-0.15, -0.1) is 35.3 Å². The molecule has 6 heteroatoms. The summed E-state index contributed by atoms with van der Waals surface area (Å²) in [5.41, 5.74) is 0. The SMILES string of the molecule is CCNC(=NCC(C)Cc1cccs1)NCCCSC.I. The van der Waals surface area contributed by atoms with Gasteiger partial charge in [0.15, 0.2) is 5.96 Å². The predicted octanol–water partition coefficient (Wildman–Crippen LogP) is 3.85. The van der Waals surface area contributed by atoms with Crippen LogP contribution in [0.1, 0.15) is 25.1 Å². The van der Waals surface area contributed by atoms with E-state index in [0.717, 1.165) is 32.0 Å². The molecule has 1 aromatic rings. The molecule has 0 saturated heterocycles. The highest BCUT2D eigenvalue weighted by Crippen LogP contribution is 2.14. The minimum atomic E-state index is 0. The van der Waals surface area contributed by atoms with E-state index in [0.29, 0.717) is 5.92 Å². The van der Waals surface area contributed by atoms with E-state index in [2.05, 4.69) is 53.2 Å². The first-order chi connectivity index (χ1) is 9.76. The normalized spacial score (nSPS) is 12.6. The van der Waals surface area contributed by atoms with Crippen LogP contribution in [0.2, 0.25) is 0 Å². The second-order valence-corrected chi connectivity index (χ2v) is 6.90. The summed E-state index contributed by atoms with van der Waals surface area (Å²) >= 11 is 3.72. The highest BCUT2D eigenvalue weighted by atomic mass is 127. The first kappa shape index (κ1) is 21.0. The lowest BCUT2D eigenvalue weighted by atomic mass is 10.1. The smallest absolute Gasteiger partial charge is 0.191 e. The Morgan fingerprint density at radius 2 is 2.24 bits per heavy atom. The fourth-order valence-electron chi connectivity index (χ4n) is 1.85. The Balaban J connectivity index is 0.00000400. The molecule has 0 aliphatic heterocycles. The predicted molar refractivity (Wildman–Crippen MR) is 110 cm³/mol. The third-order valence-electron chi connectivity index (χ3n) is 2.85.